The first-order valence-electron chi connectivity index (χ1n) is 8.78. The first-order valence-corrected chi connectivity index (χ1v) is 8.78. The predicted molar refractivity (Wildman–Crippen MR) is 95.2 cm³/mol. The van der Waals surface area contributed by atoms with Crippen LogP contribution in [0.3, 0.4) is 0 Å². The van der Waals surface area contributed by atoms with Crippen molar-refractivity contribution in [3.8, 4) is 0 Å². The topological polar surface area (TPSA) is 15.3 Å². The van der Waals surface area contributed by atoms with Gasteiger partial charge in [-0.1, -0.05) is 45.7 Å². The van der Waals surface area contributed by atoms with Crippen molar-refractivity contribution in [3.05, 3.63) is 29.3 Å². The van der Waals surface area contributed by atoms with Crippen LogP contribution in [-0.2, 0) is 6.54 Å². The third-order valence-electron chi connectivity index (χ3n) is 3.92. The van der Waals surface area contributed by atoms with Crippen LogP contribution in [0.1, 0.15) is 64.0 Å². The Morgan fingerprint density at radius 3 is 2.14 bits per heavy atom. The lowest BCUT2D eigenvalue weighted by atomic mass is 10.1. The molecule has 120 valence electrons. The molecule has 0 saturated heterocycles. The van der Waals surface area contributed by atoms with Gasteiger partial charge < -0.3 is 10.2 Å². The van der Waals surface area contributed by atoms with Gasteiger partial charge in [-0.25, -0.2) is 0 Å². The highest BCUT2D eigenvalue weighted by Crippen LogP contribution is 2.22. The normalized spacial score (nSPS) is 10.9. The van der Waals surface area contributed by atoms with Crippen molar-refractivity contribution in [2.75, 3.05) is 24.5 Å². The van der Waals surface area contributed by atoms with Crippen molar-refractivity contribution in [2.24, 2.45) is 0 Å². The zero-order valence-corrected chi connectivity index (χ0v) is 14.5. The summed E-state index contributed by atoms with van der Waals surface area (Å²) in [6.07, 6.45) is 6.28. The van der Waals surface area contributed by atoms with Crippen LogP contribution >= 0.6 is 0 Å². The Morgan fingerprint density at radius 1 is 0.952 bits per heavy atom. The van der Waals surface area contributed by atoms with Crippen LogP contribution < -0.4 is 10.2 Å². The second-order valence-corrected chi connectivity index (χ2v) is 5.99. The van der Waals surface area contributed by atoms with Crippen LogP contribution in [-0.4, -0.2) is 19.6 Å². The van der Waals surface area contributed by atoms with E-state index < -0.39 is 0 Å². The Morgan fingerprint density at radius 2 is 1.62 bits per heavy atom. The van der Waals surface area contributed by atoms with Crippen molar-refractivity contribution >= 4 is 5.69 Å². The van der Waals surface area contributed by atoms with Gasteiger partial charge >= 0.3 is 0 Å². The minimum absolute atomic E-state index is 0.985. The molecule has 21 heavy (non-hydrogen) atoms. The summed E-state index contributed by atoms with van der Waals surface area (Å²) in [6.45, 7) is 13.5. The third-order valence-corrected chi connectivity index (χ3v) is 3.92. The van der Waals surface area contributed by atoms with Crippen LogP contribution in [0.25, 0.3) is 0 Å². The molecule has 2 heteroatoms. The molecule has 0 radical (unpaired) electrons. The molecule has 0 bridgehead atoms. The molecule has 1 N–H and O–H groups in total. The first kappa shape index (κ1) is 18.0. The van der Waals surface area contributed by atoms with Gasteiger partial charge in [-0.3, -0.25) is 0 Å². The van der Waals surface area contributed by atoms with Crippen molar-refractivity contribution < 1.29 is 0 Å². The summed E-state index contributed by atoms with van der Waals surface area (Å²) in [5.74, 6) is 0. The third kappa shape index (κ3) is 6.52. The Balaban J connectivity index is 2.73. The summed E-state index contributed by atoms with van der Waals surface area (Å²) in [4.78, 5) is 2.57. The summed E-state index contributed by atoms with van der Waals surface area (Å²) in [6, 6.07) is 6.96. The highest BCUT2D eigenvalue weighted by molar-refractivity contribution is 5.54. The fraction of sp³-hybridized carbons (Fsp3) is 0.684. The monoisotopic (exact) mass is 290 g/mol. The molecule has 2 nitrogen and oxygen atoms in total. The summed E-state index contributed by atoms with van der Waals surface area (Å²) in [7, 11) is 0. The molecular weight excluding hydrogens is 256 g/mol. The van der Waals surface area contributed by atoms with E-state index in [0.29, 0.717) is 0 Å². The van der Waals surface area contributed by atoms with Crippen LogP contribution in [0.5, 0.6) is 0 Å². The summed E-state index contributed by atoms with van der Waals surface area (Å²) in [5.41, 5.74) is 4.24. The van der Waals surface area contributed by atoms with Gasteiger partial charge in [0.25, 0.3) is 0 Å². The quantitative estimate of drug-likeness (QED) is 0.583. The van der Waals surface area contributed by atoms with Gasteiger partial charge in [0, 0.05) is 25.3 Å². The van der Waals surface area contributed by atoms with Gasteiger partial charge in [-0.15, -0.1) is 0 Å². The standard InChI is InChI=1S/C19H34N2/c1-5-8-13-21(14-9-6-2)19-11-10-18(15-17(19)4)16-20-12-7-3/h10-11,15,20H,5-9,12-14,16H2,1-4H3. The van der Waals surface area contributed by atoms with Crippen LogP contribution in [0.2, 0.25) is 0 Å². The van der Waals surface area contributed by atoms with E-state index >= 15 is 0 Å². The number of hydrogen-bond acceptors (Lipinski definition) is 2. The lowest BCUT2D eigenvalue weighted by molar-refractivity contribution is 0.670. The number of nitrogens with zero attached hydrogens (tertiary/aromatic N) is 1. The maximum atomic E-state index is 3.48. The van der Waals surface area contributed by atoms with Crippen molar-refractivity contribution in [3.63, 3.8) is 0 Å². The molecule has 0 saturated carbocycles. The minimum atomic E-state index is 0.985. The molecular formula is C19H34N2. The number of anilines is 1. The average Bonchev–Trinajstić information content (AvgIpc) is 2.49. The molecule has 0 aliphatic heterocycles. The molecule has 0 heterocycles. The highest BCUT2D eigenvalue weighted by Gasteiger charge is 2.09. The summed E-state index contributed by atoms with van der Waals surface area (Å²) in [5, 5.41) is 3.48. The SMILES string of the molecule is CCCCN(CCCC)c1ccc(CNCCC)cc1C. The molecule has 0 atom stereocenters. The first-order chi connectivity index (χ1) is 10.2. The maximum absolute atomic E-state index is 3.48. The summed E-state index contributed by atoms with van der Waals surface area (Å²) >= 11 is 0. The summed E-state index contributed by atoms with van der Waals surface area (Å²) < 4.78 is 0. The maximum Gasteiger partial charge on any atom is 0.0396 e. The number of hydrogen-bond donors (Lipinski definition) is 1. The van der Waals surface area contributed by atoms with Crippen molar-refractivity contribution in [1.29, 1.82) is 0 Å². The fourth-order valence-electron chi connectivity index (χ4n) is 2.64. The lowest BCUT2D eigenvalue weighted by Crippen LogP contribution is -2.26. The van der Waals surface area contributed by atoms with Crippen molar-refractivity contribution in [1.82, 2.24) is 5.32 Å². The van der Waals surface area contributed by atoms with E-state index in [-0.39, 0.29) is 0 Å². The van der Waals surface area contributed by atoms with Crippen LogP contribution in [0, 0.1) is 6.92 Å². The van der Waals surface area contributed by atoms with Gasteiger partial charge in [0.2, 0.25) is 0 Å². The highest BCUT2D eigenvalue weighted by atomic mass is 15.1. The molecule has 1 rings (SSSR count). The zero-order chi connectivity index (χ0) is 15.5. The molecule has 0 amide bonds. The van der Waals surface area contributed by atoms with Gasteiger partial charge in [0.15, 0.2) is 0 Å². The lowest BCUT2D eigenvalue weighted by Gasteiger charge is -2.27. The Kier molecular flexibility index (Phi) is 9.16. The fourth-order valence-corrected chi connectivity index (χ4v) is 2.64. The van der Waals surface area contributed by atoms with Gasteiger partial charge in [-0.2, -0.15) is 0 Å². The molecule has 0 aliphatic carbocycles. The number of benzene rings is 1. The smallest absolute Gasteiger partial charge is 0.0396 e. The van der Waals surface area contributed by atoms with E-state index in [9.17, 15) is 0 Å². The second-order valence-electron chi connectivity index (χ2n) is 5.99. The van der Waals surface area contributed by atoms with Crippen LogP contribution in [0.15, 0.2) is 18.2 Å². The van der Waals surface area contributed by atoms with Gasteiger partial charge in [0.05, 0.1) is 0 Å². The van der Waals surface area contributed by atoms with Gasteiger partial charge in [-0.05, 0) is 49.9 Å². The van der Waals surface area contributed by atoms with E-state index in [2.05, 4.69) is 56.1 Å². The molecule has 0 fully saturated rings. The Labute approximate surface area is 131 Å². The Hall–Kier alpha value is -1.02. The van der Waals surface area contributed by atoms with E-state index in [1.54, 1.807) is 0 Å². The molecule has 1 aromatic rings. The molecule has 0 unspecified atom stereocenters. The van der Waals surface area contributed by atoms with E-state index in [1.807, 2.05) is 0 Å². The zero-order valence-electron chi connectivity index (χ0n) is 14.5. The van der Waals surface area contributed by atoms with Crippen LogP contribution in [0.4, 0.5) is 5.69 Å². The predicted octanol–water partition coefficient (Wildman–Crippen LogP) is 4.90. The largest absolute Gasteiger partial charge is 0.371 e. The second kappa shape index (κ2) is 10.7. The van der Waals surface area contributed by atoms with Gasteiger partial charge in [0.1, 0.15) is 0 Å². The number of nitrogens with one attached hydrogen (secondary N) is 1. The van der Waals surface area contributed by atoms with E-state index in [1.165, 1.54) is 62.0 Å². The molecule has 0 aromatic heterocycles. The van der Waals surface area contributed by atoms with Crippen molar-refractivity contribution in [2.45, 2.75) is 66.3 Å². The molecule has 0 spiro atoms. The Bertz CT molecular complexity index is 379. The molecule has 0 aliphatic rings. The average molecular weight is 290 g/mol. The number of aryl methyl sites for hydroxylation is 1. The molecule has 1 aromatic carbocycles. The minimum Gasteiger partial charge on any atom is -0.371 e. The van der Waals surface area contributed by atoms with E-state index in [0.717, 1.165) is 13.1 Å². The number of unbranched alkanes of at least 4 members (excludes halogenated alkanes) is 2. The van der Waals surface area contributed by atoms with E-state index in [4.69, 9.17) is 0 Å². The number of rotatable bonds is 11.